The summed E-state index contributed by atoms with van der Waals surface area (Å²) in [5, 5.41) is 18.7. The third-order valence-electron chi connectivity index (χ3n) is 5.79. The molecule has 0 spiro atoms. The maximum atomic E-state index is 13.1. The third-order valence-corrected chi connectivity index (χ3v) is 6.75. The molecule has 0 amide bonds. The summed E-state index contributed by atoms with van der Waals surface area (Å²) in [5.74, 6) is 0.422. The fraction of sp³-hybridized carbons (Fsp3) is 0.0741. The number of nitro groups is 1. The van der Waals surface area contributed by atoms with Crippen LogP contribution in [0.4, 0.5) is 5.69 Å². The van der Waals surface area contributed by atoms with Gasteiger partial charge in [0.2, 0.25) is 5.75 Å². The molecule has 0 unspecified atom stereocenters. The van der Waals surface area contributed by atoms with Crippen molar-refractivity contribution < 1.29 is 9.66 Å². The molecular formula is C27H18Br2N4O4. The van der Waals surface area contributed by atoms with Gasteiger partial charge < -0.3 is 4.74 Å². The SMILES string of the molecule is Cc1nc2ccc(Br)cc2c(=O)n1N=Cc1cc(Br)cc([N+](=O)[O-])c1OCc1cccc2ccccc12. The highest BCUT2D eigenvalue weighted by atomic mass is 79.9. The van der Waals surface area contributed by atoms with E-state index in [9.17, 15) is 14.9 Å². The first-order valence-corrected chi connectivity index (χ1v) is 12.7. The Morgan fingerprint density at radius 1 is 1.03 bits per heavy atom. The van der Waals surface area contributed by atoms with Gasteiger partial charge in [-0.15, -0.1) is 0 Å². The first kappa shape index (κ1) is 24.8. The molecule has 0 aliphatic carbocycles. The van der Waals surface area contributed by atoms with E-state index in [1.54, 1.807) is 25.1 Å². The lowest BCUT2D eigenvalue weighted by molar-refractivity contribution is -0.386. The van der Waals surface area contributed by atoms with Gasteiger partial charge in [0.1, 0.15) is 12.4 Å². The minimum absolute atomic E-state index is 0.0482. The van der Waals surface area contributed by atoms with E-state index < -0.39 is 4.92 Å². The summed E-state index contributed by atoms with van der Waals surface area (Å²) in [7, 11) is 0. The maximum Gasteiger partial charge on any atom is 0.312 e. The number of nitro benzene ring substituents is 1. The Balaban J connectivity index is 1.58. The van der Waals surface area contributed by atoms with Crippen LogP contribution in [0.2, 0.25) is 0 Å². The van der Waals surface area contributed by atoms with Gasteiger partial charge in [0, 0.05) is 20.6 Å². The topological polar surface area (TPSA) is 99.6 Å². The van der Waals surface area contributed by atoms with E-state index in [1.165, 1.54) is 12.3 Å². The predicted octanol–water partition coefficient (Wildman–Crippen LogP) is 6.75. The zero-order valence-corrected chi connectivity index (χ0v) is 22.6. The molecule has 0 aliphatic rings. The van der Waals surface area contributed by atoms with E-state index in [0.29, 0.717) is 26.8 Å². The monoisotopic (exact) mass is 620 g/mol. The Kier molecular flexibility index (Phi) is 6.86. The summed E-state index contributed by atoms with van der Waals surface area (Å²) in [6.07, 6.45) is 1.37. The summed E-state index contributed by atoms with van der Waals surface area (Å²) >= 11 is 6.71. The van der Waals surface area contributed by atoms with E-state index >= 15 is 0 Å². The van der Waals surface area contributed by atoms with Gasteiger partial charge in [0.15, 0.2) is 0 Å². The number of benzene rings is 4. The zero-order valence-electron chi connectivity index (χ0n) is 19.4. The molecule has 0 radical (unpaired) electrons. The van der Waals surface area contributed by atoms with E-state index in [4.69, 9.17) is 4.74 Å². The number of nitrogens with zero attached hydrogens (tertiary/aromatic N) is 4. The van der Waals surface area contributed by atoms with Crippen molar-refractivity contribution in [2.45, 2.75) is 13.5 Å². The number of halogens is 2. The molecule has 184 valence electrons. The molecule has 5 aromatic rings. The molecule has 0 atom stereocenters. The van der Waals surface area contributed by atoms with Crippen LogP contribution < -0.4 is 10.3 Å². The second kappa shape index (κ2) is 10.2. The average Bonchev–Trinajstić information content (AvgIpc) is 2.88. The van der Waals surface area contributed by atoms with Crippen LogP contribution in [-0.4, -0.2) is 20.8 Å². The number of fused-ring (bicyclic) bond motifs is 2. The quantitative estimate of drug-likeness (QED) is 0.119. The molecule has 0 N–H and O–H groups in total. The molecule has 1 aromatic heterocycles. The van der Waals surface area contributed by atoms with E-state index in [2.05, 4.69) is 41.9 Å². The summed E-state index contributed by atoms with van der Waals surface area (Å²) in [5.41, 5.74) is 1.19. The molecule has 10 heteroatoms. The molecular weight excluding hydrogens is 604 g/mol. The predicted molar refractivity (Wildman–Crippen MR) is 151 cm³/mol. The van der Waals surface area contributed by atoms with Gasteiger partial charge in [-0.1, -0.05) is 74.3 Å². The molecule has 0 fully saturated rings. The van der Waals surface area contributed by atoms with Gasteiger partial charge in [0.05, 0.1) is 22.0 Å². The van der Waals surface area contributed by atoms with Crippen molar-refractivity contribution in [2.24, 2.45) is 5.10 Å². The van der Waals surface area contributed by atoms with Crippen LogP contribution in [0, 0.1) is 17.0 Å². The van der Waals surface area contributed by atoms with Crippen LogP contribution >= 0.6 is 31.9 Å². The highest BCUT2D eigenvalue weighted by Crippen LogP contribution is 2.35. The smallest absolute Gasteiger partial charge is 0.312 e. The number of aromatic nitrogens is 2. The van der Waals surface area contributed by atoms with Crippen LogP contribution in [0.5, 0.6) is 5.75 Å². The molecule has 0 bridgehead atoms. The summed E-state index contributed by atoms with van der Waals surface area (Å²) in [6.45, 7) is 1.77. The van der Waals surface area contributed by atoms with Crippen LogP contribution in [-0.2, 0) is 6.61 Å². The fourth-order valence-electron chi connectivity index (χ4n) is 4.07. The lowest BCUT2D eigenvalue weighted by Crippen LogP contribution is -2.20. The molecule has 0 saturated carbocycles. The summed E-state index contributed by atoms with van der Waals surface area (Å²) < 4.78 is 8.43. The van der Waals surface area contributed by atoms with Crippen LogP contribution in [0.25, 0.3) is 21.7 Å². The van der Waals surface area contributed by atoms with Gasteiger partial charge in [-0.3, -0.25) is 14.9 Å². The van der Waals surface area contributed by atoms with Gasteiger partial charge in [-0.2, -0.15) is 9.78 Å². The second-order valence-electron chi connectivity index (χ2n) is 8.21. The number of aryl methyl sites for hydroxylation is 1. The Labute approximate surface area is 227 Å². The largest absolute Gasteiger partial charge is 0.481 e. The Bertz CT molecular complexity index is 1780. The number of hydrogen-bond donors (Lipinski definition) is 0. The lowest BCUT2D eigenvalue weighted by Gasteiger charge is -2.12. The van der Waals surface area contributed by atoms with E-state index in [-0.39, 0.29) is 23.6 Å². The summed E-state index contributed by atoms with van der Waals surface area (Å²) in [4.78, 5) is 29.0. The van der Waals surface area contributed by atoms with Gasteiger partial charge in [-0.05, 0) is 47.5 Å². The van der Waals surface area contributed by atoms with E-state index in [0.717, 1.165) is 25.5 Å². The molecule has 5 rings (SSSR count). The summed E-state index contributed by atoms with van der Waals surface area (Å²) in [6, 6.07) is 22.0. The van der Waals surface area contributed by atoms with Gasteiger partial charge in [-0.25, -0.2) is 4.98 Å². The average molecular weight is 622 g/mol. The molecule has 0 aliphatic heterocycles. The van der Waals surface area contributed by atoms with Crippen molar-refractivity contribution in [3.8, 4) is 5.75 Å². The Morgan fingerprint density at radius 2 is 1.81 bits per heavy atom. The van der Waals surface area contributed by atoms with Crippen LogP contribution in [0.3, 0.4) is 0 Å². The minimum atomic E-state index is -0.507. The molecule has 8 nitrogen and oxygen atoms in total. The first-order valence-electron chi connectivity index (χ1n) is 11.1. The zero-order chi connectivity index (χ0) is 26.1. The Morgan fingerprint density at radius 3 is 2.62 bits per heavy atom. The minimum Gasteiger partial charge on any atom is -0.481 e. The molecule has 4 aromatic carbocycles. The van der Waals surface area contributed by atoms with E-state index in [1.807, 2.05) is 48.5 Å². The van der Waals surface area contributed by atoms with Crippen molar-refractivity contribution >= 4 is 65.4 Å². The number of ether oxygens (including phenoxy) is 1. The van der Waals surface area contributed by atoms with Crippen LogP contribution in [0.15, 0.2) is 91.6 Å². The maximum absolute atomic E-state index is 13.1. The van der Waals surface area contributed by atoms with Crippen molar-refractivity contribution in [3.63, 3.8) is 0 Å². The normalized spacial score (nSPS) is 11.4. The number of rotatable bonds is 6. The third kappa shape index (κ3) is 5.03. The standard InChI is InChI=1S/C27H18Br2N4O4/c1-16-31-24-10-9-20(28)12-23(24)27(34)32(16)30-14-19-11-21(29)13-25(33(35)36)26(19)37-15-18-7-4-6-17-5-2-3-8-22(17)18/h2-14H,15H2,1H3. The first-order chi connectivity index (χ1) is 17.8. The molecule has 1 heterocycles. The van der Waals surface area contributed by atoms with Crippen molar-refractivity contribution in [1.29, 1.82) is 0 Å². The van der Waals surface area contributed by atoms with Crippen LogP contribution in [0.1, 0.15) is 17.0 Å². The van der Waals surface area contributed by atoms with Crippen molar-refractivity contribution in [2.75, 3.05) is 0 Å². The number of hydrogen-bond acceptors (Lipinski definition) is 6. The van der Waals surface area contributed by atoms with Crippen molar-refractivity contribution in [3.05, 3.63) is 119 Å². The highest BCUT2D eigenvalue weighted by molar-refractivity contribution is 9.10. The lowest BCUT2D eigenvalue weighted by atomic mass is 10.1. The Hall–Kier alpha value is -3.89. The van der Waals surface area contributed by atoms with Gasteiger partial charge in [0.25, 0.3) is 5.56 Å². The van der Waals surface area contributed by atoms with Crippen molar-refractivity contribution in [1.82, 2.24) is 9.66 Å². The molecule has 0 saturated heterocycles. The molecule has 37 heavy (non-hydrogen) atoms. The highest BCUT2D eigenvalue weighted by Gasteiger charge is 2.21. The van der Waals surface area contributed by atoms with Gasteiger partial charge >= 0.3 is 5.69 Å². The fourth-order valence-corrected chi connectivity index (χ4v) is 4.90. The second-order valence-corrected chi connectivity index (χ2v) is 10.0.